The summed E-state index contributed by atoms with van der Waals surface area (Å²) in [5.74, 6) is 0.527. The normalized spacial score (nSPS) is 14.5. The first-order valence-corrected chi connectivity index (χ1v) is 11.0. The van der Waals surface area contributed by atoms with Crippen molar-refractivity contribution < 1.29 is 14.3 Å². The van der Waals surface area contributed by atoms with E-state index in [1.54, 1.807) is 31.4 Å². The molecule has 2 aromatic carbocycles. The van der Waals surface area contributed by atoms with Crippen LogP contribution in [-0.4, -0.2) is 62.1 Å². The number of benzene rings is 2. The third-order valence-electron chi connectivity index (χ3n) is 5.53. The first-order chi connectivity index (χ1) is 15.2. The molecule has 2 aromatic rings. The number of nitrogens with zero attached hydrogens (tertiary/aromatic N) is 2. The van der Waals surface area contributed by atoms with Gasteiger partial charge in [0.1, 0.15) is 5.75 Å². The molecule has 1 aliphatic rings. The Kier molecular flexibility index (Phi) is 7.46. The van der Waals surface area contributed by atoms with E-state index in [-0.39, 0.29) is 23.7 Å². The van der Waals surface area contributed by atoms with Gasteiger partial charge in [-0.25, -0.2) is 0 Å². The lowest BCUT2D eigenvalue weighted by Gasteiger charge is -2.29. The van der Waals surface area contributed by atoms with Crippen LogP contribution in [0.5, 0.6) is 5.75 Å². The predicted octanol–water partition coefficient (Wildman–Crippen LogP) is 3.77. The maximum absolute atomic E-state index is 13.1. The first-order valence-electron chi connectivity index (χ1n) is 11.0. The minimum Gasteiger partial charge on any atom is -0.497 e. The maximum Gasteiger partial charge on any atom is 0.251 e. The second-order valence-corrected chi connectivity index (χ2v) is 9.16. The molecule has 0 bridgehead atoms. The van der Waals surface area contributed by atoms with E-state index >= 15 is 0 Å². The van der Waals surface area contributed by atoms with Crippen LogP contribution in [0.25, 0.3) is 0 Å². The molecular weight excluding hydrogens is 402 g/mol. The molecule has 0 spiro atoms. The summed E-state index contributed by atoms with van der Waals surface area (Å²) in [5.41, 5.74) is 3.63. The molecule has 6 nitrogen and oxygen atoms in total. The second kappa shape index (κ2) is 10.1. The summed E-state index contributed by atoms with van der Waals surface area (Å²) in [6.07, 6.45) is 1.86. The van der Waals surface area contributed by atoms with Gasteiger partial charge in [0, 0.05) is 23.2 Å². The van der Waals surface area contributed by atoms with E-state index in [1.165, 1.54) is 5.56 Å². The Hall–Kier alpha value is -2.99. The Bertz CT molecular complexity index is 1020. The topological polar surface area (TPSA) is 71.0 Å². The Balaban J connectivity index is 1.75. The van der Waals surface area contributed by atoms with Gasteiger partial charge in [0.15, 0.2) is 5.78 Å². The molecule has 1 amide bonds. The first kappa shape index (κ1) is 23.7. The second-order valence-electron chi connectivity index (χ2n) is 9.16. The molecule has 170 valence electrons. The predicted molar refractivity (Wildman–Crippen MR) is 128 cm³/mol. The molecule has 3 rings (SSSR count). The SMILES string of the molecule is COc1ccc2c(c1)C(CC(=O)c1cccc(C(=O)NCCCN(C)C)c1)=NC(C)(C)C2. The van der Waals surface area contributed by atoms with E-state index in [0.717, 1.165) is 36.4 Å². The van der Waals surface area contributed by atoms with Crippen LogP contribution in [0.2, 0.25) is 0 Å². The zero-order valence-corrected chi connectivity index (χ0v) is 19.7. The summed E-state index contributed by atoms with van der Waals surface area (Å²) in [5, 5.41) is 2.92. The monoisotopic (exact) mass is 435 g/mol. The summed E-state index contributed by atoms with van der Waals surface area (Å²) in [6, 6.07) is 12.9. The number of hydrogen-bond acceptors (Lipinski definition) is 5. The number of hydrogen-bond donors (Lipinski definition) is 1. The highest BCUT2D eigenvalue weighted by Gasteiger charge is 2.28. The Morgan fingerprint density at radius 2 is 1.88 bits per heavy atom. The highest BCUT2D eigenvalue weighted by Crippen LogP contribution is 2.31. The third-order valence-corrected chi connectivity index (χ3v) is 5.53. The number of carbonyl (C=O) groups is 2. The van der Waals surface area contributed by atoms with Gasteiger partial charge in [-0.3, -0.25) is 14.6 Å². The number of nitrogens with one attached hydrogen (secondary N) is 1. The van der Waals surface area contributed by atoms with Crippen LogP contribution in [0.3, 0.4) is 0 Å². The third kappa shape index (κ3) is 6.04. The number of amides is 1. The van der Waals surface area contributed by atoms with Gasteiger partial charge in [-0.05, 0) is 77.2 Å². The van der Waals surface area contributed by atoms with Gasteiger partial charge in [0.05, 0.1) is 24.8 Å². The van der Waals surface area contributed by atoms with Crippen molar-refractivity contribution in [2.24, 2.45) is 4.99 Å². The van der Waals surface area contributed by atoms with Crippen molar-refractivity contribution in [3.63, 3.8) is 0 Å². The van der Waals surface area contributed by atoms with Crippen LogP contribution in [0, 0.1) is 0 Å². The minimum absolute atomic E-state index is 0.0579. The van der Waals surface area contributed by atoms with E-state index in [1.807, 2.05) is 26.2 Å². The molecule has 0 saturated carbocycles. The van der Waals surface area contributed by atoms with E-state index in [9.17, 15) is 9.59 Å². The standard InChI is InChI=1S/C26H33N3O3/c1-26(2)17-20-10-11-21(32-5)15-22(20)23(28-26)16-24(30)18-8-6-9-19(14-18)25(31)27-12-7-13-29(3)4/h6,8-11,14-15H,7,12-13,16-17H2,1-5H3,(H,27,31). The molecular formula is C26H33N3O3. The Morgan fingerprint density at radius 3 is 2.59 bits per heavy atom. The van der Waals surface area contributed by atoms with Crippen LogP contribution in [0.15, 0.2) is 47.5 Å². The van der Waals surface area contributed by atoms with Gasteiger partial charge in [-0.2, -0.15) is 0 Å². The van der Waals surface area contributed by atoms with Gasteiger partial charge >= 0.3 is 0 Å². The van der Waals surface area contributed by atoms with Gasteiger partial charge in [-0.15, -0.1) is 0 Å². The zero-order chi connectivity index (χ0) is 23.3. The summed E-state index contributed by atoms with van der Waals surface area (Å²) in [7, 11) is 5.64. The lowest BCUT2D eigenvalue weighted by molar-refractivity contribution is 0.0952. The van der Waals surface area contributed by atoms with Crippen molar-refractivity contribution in [2.45, 2.75) is 38.6 Å². The molecule has 0 aromatic heterocycles. The number of methoxy groups -OCH3 is 1. The van der Waals surface area contributed by atoms with E-state index in [2.05, 4.69) is 30.1 Å². The van der Waals surface area contributed by atoms with Gasteiger partial charge < -0.3 is 15.0 Å². The van der Waals surface area contributed by atoms with Crippen molar-refractivity contribution in [3.8, 4) is 5.75 Å². The van der Waals surface area contributed by atoms with Gasteiger partial charge in [0.2, 0.25) is 0 Å². The van der Waals surface area contributed by atoms with E-state index in [4.69, 9.17) is 9.73 Å². The molecule has 0 atom stereocenters. The lowest BCUT2D eigenvalue weighted by atomic mass is 9.85. The van der Waals surface area contributed by atoms with E-state index in [0.29, 0.717) is 17.7 Å². The maximum atomic E-state index is 13.1. The number of ether oxygens (including phenoxy) is 1. The minimum atomic E-state index is -0.272. The molecule has 0 fully saturated rings. The Morgan fingerprint density at radius 1 is 1.12 bits per heavy atom. The van der Waals surface area contributed by atoms with Crippen LogP contribution >= 0.6 is 0 Å². The summed E-state index contributed by atoms with van der Waals surface area (Å²) < 4.78 is 5.38. The number of carbonyl (C=O) groups excluding carboxylic acids is 2. The lowest BCUT2D eigenvalue weighted by Crippen LogP contribution is -2.30. The van der Waals surface area contributed by atoms with Crippen molar-refractivity contribution in [1.29, 1.82) is 0 Å². The molecule has 6 heteroatoms. The number of aliphatic imine (C=N–C) groups is 1. The van der Waals surface area contributed by atoms with Gasteiger partial charge in [-0.1, -0.05) is 18.2 Å². The fourth-order valence-electron chi connectivity index (χ4n) is 3.96. The number of Topliss-reactive ketones (excluding diaryl/α,β-unsaturated/α-hetero) is 1. The van der Waals surface area contributed by atoms with Gasteiger partial charge in [0.25, 0.3) is 5.91 Å². The van der Waals surface area contributed by atoms with Crippen molar-refractivity contribution in [2.75, 3.05) is 34.3 Å². The fourth-order valence-corrected chi connectivity index (χ4v) is 3.96. The highest BCUT2D eigenvalue weighted by atomic mass is 16.5. The highest BCUT2D eigenvalue weighted by molar-refractivity contribution is 6.17. The molecule has 1 N–H and O–H groups in total. The fraction of sp³-hybridized carbons (Fsp3) is 0.423. The number of rotatable bonds is 9. The average Bonchev–Trinajstić information content (AvgIpc) is 2.75. The molecule has 0 unspecified atom stereocenters. The molecule has 1 aliphatic heterocycles. The molecule has 1 heterocycles. The molecule has 32 heavy (non-hydrogen) atoms. The van der Waals surface area contributed by atoms with Crippen LogP contribution < -0.4 is 10.1 Å². The van der Waals surface area contributed by atoms with Crippen LogP contribution in [0.4, 0.5) is 0 Å². The largest absolute Gasteiger partial charge is 0.497 e. The van der Waals surface area contributed by atoms with Crippen LogP contribution in [-0.2, 0) is 6.42 Å². The Labute approximate surface area is 190 Å². The molecule has 0 saturated heterocycles. The van der Waals surface area contributed by atoms with Crippen LogP contribution in [0.1, 0.15) is 58.5 Å². The molecule has 0 radical (unpaired) electrons. The summed E-state index contributed by atoms with van der Waals surface area (Å²) in [4.78, 5) is 32.6. The van der Waals surface area contributed by atoms with E-state index < -0.39 is 0 Å². The average molecular weight is 436 g/mol. The number of ketones is 1. The summed E-state index contributed by atoms with van der Waals surface area (Å²) >= 11 is 0. The summed E-state index contributed by atoms with van der Waals surface area (Å²) in [6.45, 7) is 5.65. The smallest absolute Gasteiger partial charge is 0.251 e. The van der Waals surface area contributed by atoms with Crippen molar-refractivity contribution >= 4 is 17.4 Å². The molecule has 0 aliphatic carbocycles. The van der Waals surface area contributed by atoms with Crippen molar-refractivity contribution in [3.05, 3.63) is 64.7 Å². The number of fused-ring (bicyclic) bond motifs is 1. The quantitative estimate of drug-likeness (QED) is 0.481. The van der Waals surface area contributed by atoms with Crippen molar-refractivity contribution in [1.82, 2.24) is 10.2 Å². The zero-order valence-electron chi connectivity index (χ0n) is 19.7.